The second-order valence-electron chi connectivity index (χ2n) is 6.48. The van der Waals surface area contributed by atoms with E-state index < -0.39 is 0 Å². The van der Waals surface area contributed by atoms with Crippen LogP contribution >= 0.6 is 0 Å². The van der Waals surface area contributed by atoms with Crippen LogP contribution in [0.2, 0.25) is 0 Å². The van der Waals surface area contributed by atoms with Gasteiger partial charge in [-0.15, -0.1) is 0 Å². The van der Waals surface area contributed by atoms with Crippen LogP contribution in [-0.2, 0) is 6.54 Å². The van der Waals surface area contributed by atoms with Gasteiger partial charge in [-0.25, -0.2) is 4.98 Å². The fraction of sp³-hybridized carbons (Fsp3) is 0.0833. The maximum absolute atomic E-state index is 8.99. The van der Waals surface area contributed by atoms with E-state index in [2.05, 4.69) is 27.8 Å². The highest BCUT2D eigenvalue weighted by molar-refractivity contribution is 5.33. The van der Waals surface area contributed by atoms with E-state index in [0.29, 0.717) is 12.1 Å². The monoisotopic (exact) mass is 365 g/mol. The van der Waals surface area contributed by atoms with Crippen LogP contribution in [0.3, 0.4) is 0 Å². The van der Waals surface area contributed by atoms with E-state index in [1.807, 2.05) is 85.3 Å². The summed E-state index contributed by atoms with van der Waals surface area (Å²) < 4.78 is 8.44. The van der Waals surface area contributed by atoms with Crippen molar-refractivity contribution < 1.29 is 4.74 Å². The predicted octanol–water partition coefficient (Wildman–Crippen LogP) is 4.97. The Morgan fingerprint density at radius 3 is 2.25 bits per heavy atom. The Morgan fingerprint density at radius 2 is 1.57 bits per heavy atom. The molecule has 0 N–H and O–H groups in total. The molecule has 1 aromatic heterocycles. The summed E-state index contributed by atoms with van der Waals surface area (Å²) in [7, 11) is 0. The van der Waals surface area contributed by atoms with Crippen LogP contribution in [0.25, 0.3) is 0 Å². The summed E-state index contributed by atoms with van der Waals surface area (Å²) in [6.45, 7) is 0.655. The smallest absolute Gasteiger partial charge is 0.165 e. The van der Waals surface area contributed by atoms with Gasteiger partial charge in [-0.2, -0.15) is 5.26 Å². The molecule has 4 heteroatoms. The zero-order chi connectivity index (χ0) is 19.2. The molecule has 1 unspecified atom stereocenters. The normalized spacial score (nSPS) is 11.5. The largest absolute Gasteiger partial charge is 0.479 e. The third kappa shape index (κ3) is 3.94. The lowest BCUT2D eigenvalue weighted by Gasteiger charge is -2.21. The quantitative estimate of drug-likeness (QED) is 0.485. The first-order chi connectivity index (χ1) is 13.8. The summed E-state index contributed by atoms with van der Waals surface area (Å²) in [6.07, 6.45) is 3.40. The molecule has 4 rings (SSSR count). The van der Waals surface area contributed by atoms with Gasteiger partial charge in [-0.1, -0.05) is 60.7 Å². The lowest BCUT2D eigenvalue weighted by atomic mass is 10.1. The van der Waals surface area contributed by atoms with Gasteiger partial charge in [0.15, 0.2) is 6.10 Å². The zero-order valence-corrected chi connectivity index (χ0v) is 15.3. The Hall–Kier alpha value is -3.84. The highest BCUT2D eigenvalue weighted by Crippen LogP contribution is 2.28. The summed E-state index contributed by atoms with van der Waals surface area (Å²) in [5.41, 5.74) is 3.79. The molecular formula is C24H19N3O. The van der Waals surface area contributed by atoms with Crippen LogP contribution in [0.4, 0.5) is 0 Å². The highest BCUT2D eigenvalue weighted by atomic mass is 16.5. The maximum Gasteiger partial charge on any atom is 0.165 e. The summed E-state index contributed by atoms with van der Waals surface area (Å²) in [4.78, 5) is 4.37. The first-order valence-corrected chi connectivity index (χ1v) is 9.09. The van der Waals surface area contributed by atoms with Crippen molar-refractivity contribution in [2.75, 3.05) is 0 Å². The topological polar surface area (TPSA) is 50.8 Å². The Kier molecular flexibility index (Phi) is 5.17. The zero-order valence-electron chi connectivity index (χ0n) is 15.3. The summed E-state index contributed by atoms with van der Waals surface area (Å²) in [6, 6.07) is 29.7. The van der Waals surface area contributed by atoms with Crippen molar-refractivity contribution in [1.82, 2.24) is 9.55 Å². The molecule has 0 saturated heterocycles. The van der Waals surface area contributed by atoms with E-state index in [9.17, 15) is 0 Å². The molecule has 0 aliphatic carbocycles. The van der Waals surface area contributed by atoms with Gasteiger partial charge in [0.1, 0.15) is 5.75 Å². The number of benzene rings is 3. The van der Waals surface area contributed by atoms with Crippen molar-refractivity contribution in [2.24, 2.45) is 0 Å². The van der Waals surface area contributed by atoms with Crippen molar-refractivity contribution in [1.29, 1.82) is 5.26 Å². The van der Waals surface area contributed by atoms with Gasteiger partial charge in [0.25, 0.3) is 0 Å². The Labute approximate surface area is 164 Å². The van der Waals surface area contributed by atoms with Crippen LogP contribution in [0, 0.1) is 11.3 Å². The second-order valence-corrected chi connectivity index (χ2v) is 6.48. The third-order valence-corrected chi connectivity index (χ3v) is 4.55. The molecule has 0 radical (unpaired) electrons. The number of imidazole rings is 1. The number of aromatic nitrogens is 2. The van der Waals surface area contributed by atoms with E-state index in [-0.39, 0.29) is 6.10 Å². The molecule has 4 aromatic rings. The van der Waals surface area contributed by atoms with Gasteiger partial charge in [-0.3, -0.25) is 0 Å². The summed E-state index contributed by atoms with van der Waals surface area (Å²) in [5.74, 6) is 0.808. The van der Waals surface area contributed by atoms with Gasteiger partial charge >= 0.3 is 0 Å². The number of rotatable bonds is 6. The fourth-order valence-corrected chi connectivity index (χ4v) is 3.12. The maximum atomic E-state index is 8.99. The minimum Gasteiger partial charge on any atom is -0.479 e. The average molecular weight is 365 g/mol. The highest BCUT2D eigenvalue weighted by Gasteiger charge is 2.20. The molecule has 0 aliphatic heterocycles. The Morgan fingerprint density at radius 1 is 0.893 bits per heavy atom. The predicted molar refractivity (Wildman–Crippen MR) is 108 cm³/mol. The van der Waals surface area contributed by atoms with E-state index in [4.69, 9.17) is 10.00 Å². The van der Waals surface area contributed by atoms with Gasteiger partial charge in [-0.05, 0) is 35.4 Å². The van der Waals surface area contributed by atoms with Crippen molar-refractivity contribution in [2.45, 2.75) is 12.6 Å². The van der Waals surface area contributed by atoms with Crippen LogP contribution in [0.5, 0.6) is 5.75 Å². The number of nitrogens with zero attached hydrogens (tertiary/aromatic N) is 3. The number of para-hydroxylation sites is 1. The number of ether oxygens (including phenoxy) is 1. The molecule has 1 heterocycles. The van der Waals surface area contributed by atoms with E-state index in [1.54, 1.807) is 0 Å². The molecule has 28 heavy (non-hydrogen) atoms. The molecule has 0 fully saturated rings. The number of nitriles is 1. The molecule has 0 spiro atoms. The molecule has 0 amide bonds. The summed E-state index contributed by atoms with van der Waals surface area (Å²) in [5, 5.41) is 8.99. The second kappa shape index (κ2) is 8.24. The van der Waals surface area contributed by atoms with Gasteiger partial charge in [0, 0.05) is 6.54 Å². The van der Waals surface area contributed by atoms with Crippen LogP contribution in [0.1, 0.15) is 28.5 Å². The number of hydrogen-bond donors (Lipinski definition) is 0. The third-order valence-electron chi connectivity index (χ3n) is 4.55. The standard InChI is InChI=1S/C24H19N3O/c25-15-19-11-13-20(14-12-19)17-27-18-26-16-23(27)24(21-7-3-1-4-8-21)28-22-9-5-2-6-10-22/h1-14,16,18,24H,17H2. The molecule has 3 aromatic carbocycles. The molecule has 1 atom stereocenters. The van der Waals surface area contributed by atoms with Crippen LogP contribution in [0.15, 0.2) is 97.5 Å². The minimum atomic E-state index is -0.274. The lowest BCUT2D eigenvalue weighted by Crippen LogP contribution is -2.15. The average Bonchev–Trinajstić information content (AvgIpc) is 3.22. The van der Waals surface area contributed by atoms with Gasteiger partial charge in [0.2, 0.25) is 0 Å². The fourth-order valence-electron chi connectivity index (χ4n) is 3.12. The minimum absolute atomic E-state index is 0.274. The van der Waals surface area contributed by atoms with Crippen molar-refractivity contribution in [3.8, 4) is 11.8 Å². The summed E-state index contributed by atoms with van der Waals surface area (Å²) >= 11 is 0. The first kappa shape index (κ1) is 17.6. The molecular weight excluding hydrogens is 346 g/mol. The van der Waals surface area contributed by atoms with Crippen LogP contribution in [-0.4, -0.2) is 9.55 Å². The number of hydrogen-bond acceptors (Lipinski definition) is 3. The van der Waals surface area contributed by atoms with Crippen molar-refractivity contribution in [3.05, 3.63) is 120 Å². The Bertz CT molecular complexity index is 1060. The van der Waals surface area contributed by atoms with E-state index >= 15 is 0 Å². The molecule has 4 nitrogen and oxygen atoms in total. The molecule has 0 bridgehead atoms. The van der Waals surface area contributed by atoms with Crippen molar-refractivity contribution >= 4 is 0 Å². The molecule has 136 valence electrons. The van der Waals surface area contributed by atoms with E-state index in [0.717, 1.165) is 22.6 Å². The van der Waals surface area contributed by atoms with Crippen LogP contribution < -0.4 is 4.74 Å². The van der Waals surface area contributed by atoms with Crippen molar-refractivity contribution in [3.63, 3.8) is 0 Å². The van der Waals surface area contributed by atoms with Gasteiger partial charge < -0.3 is 9.30 Å². The SMILES string of the molecule is N#Cc1ccc(Cn2cncc2C(Oc2ccccc2)c2ccccc2)cc1. The Balaban J connectivity index is 1.67. The molecule has 0 saturated carbocycles. The first-order valence-electron chi connectivity index (χ1n) is 9.09. The van der Waals surface area contributed by atoms with E-state index in [1.165, 1.54) is 0 Å². The lowest BCUT2D eigenvalue weighted by molar-refractivity contribution is 0.237. The van der Waals surface area contributed by atoms with Gasteiger partial charge in [0.05, 0.1) is 29.9 Å². The molecule has 0 aliphatic rings.